The zero-order valence-electron chi connectivity index (χ0n) is 12.5. The lowest BCUT2D eigenvalue weighted by molar-refractivity contribution is 0.104. The van der Waals surface area contributed by atoms with Gasteiger partial charge in [0.1, 0.15) is 0 Å². The van der Waals surface area contributed by atoms with Crippen LogP contribution in [-0.2, 0) is 6.42 Å². The summed E-state index contributed by atoms with van der Waals surface area (Å²) >= 11 is 0. The van der Waals surface area contributed by atoms with Crippen LogP contribution in [0.5, 0.6) is 11.5 Å². The maximum atomic E-state index is 12.1. The number of rotatable bonds is 6. The molecule has 0 spiro atoms. The topological polar surface area (TPSA) is 72.5 Å². The molecule has 0 saturated heterocycles. The number of ketones is 1. The Kier molecular flexibility index (Phi) is 5.33. The molecular weight excluding hydrogens is 278 g/mol. The summed E-state index contributed by atoms with van der Waals surface area (Å²) in [6, 6.07) is 12.3. The third-order valence-electron chi connectivity index (χ3n) is 3.30. The molecule has 0 amide bonds. The van der Waals surface area contributed by atoms with Gasteiger partial charge in [-0.05, 0) is 42.3 Å². The van der Waals surface area contributed by atoms with E-state index >= 15 is 0 Å². The van der Waals surface area contributed by atoms with Crippen molar-refractivity contribution < 1.29 is 14.6 Å². The Hall–Kier alpha value is -2.59. The molecule has 0 aliphatic heterocycles. The highest BCUT2D eigenvalue weighted by atomic mass is 16.5. The first kappa shape index (κ1) is 15.8. The first-order valence-electron chi connectivity index (χ1n) is 7.02. The molecule has 0 heterocycles. The van der Waals surface area contributed by atoms with E-state index in [1.165, 1.54) is 19.3 Å². The minimum Gasteiger partial charge on any atom is -0.504 e. The molecule has 22 heavy (non-hydrogen) atoms. The van der Waals surface area contributed by atoms with E-state index in [4.69, 9.17) is 10.5 Å². The molecule has 3 N–H and O–H groups in total. The van der Waals surface area contributed by atoms with Gasteiger partial charge in [0.2, 0.25) is 0 Å². The molecule has 114 valence electrons. The van der Waals surface area contributed by atoms with Crippen molar-refractivity contribution in [1.82, 2.24) is 0 Å². The lowest BCUT2D eigenvalue weighted by Crippen LogP contribution is -2.03. The summed E-state index contributed by atoms with van der Waals surface area (Å²) in [5.41, 5.74) is 8.02. The summed E-state index contributed by atoms with van der Waals surface area (Å²) in [6.45, 7) is 0.593. The fraction of sp³-hybridized carbons (Fsp3) is 0.167. The van der Waals surface area contributed by atoms with Gasteiger partial charge >= 0.3 is 0 Å². The Bertz CT molecular complexity index is 675. The molecule has 0 fully saturated rings. The summed E-state index contributed by atoms with van der Waals surface area (Å²) in [5, 5.41) is 9.54. The second kappa shape index (κ2) is 7.43. The van der Waals surface area contributed by atoms with Gasteiger partial charge in [-0.3, -0.25) is 4.79 Å². The van der Waals surface area contributed by atoms with Crippen molar-refractivity contribution in [3.63, 3.8) is 0 Å². The molecule has 0 aromatic heterocycles. The first-order chi connectivity index (χ1) is 10.6. The van der Waals surface area contributed by atoms with Gasteiger partial charge in [-0.25, -0.2) is 0 Å². The van der Waals surface area contributed by atoms with Crippen molar-refractivity contribution in [3.05, 3.63) is 65.2 Å². The average molecular weight is 297 g/mol. The fourth-order valence-corrected chi connectivity index (χ4v) is 2.07. The van der Waals surface area contributed by atoms with Crippen molar-refractivity contribution >= 4 is 11.9 Å². The summed E-state index contributed by atoms with van der Waals surface area (Å²) in [5.74, 6) is 0.369. The molecule has 0 aliphatic carbocycles. The number of carbonyl (C=O) groups is 1. The van der Waals surface area contributed by atoms with Crippen molar-refractivity contribution in [2.75, 3.05) is 13.7 Å². The number of methoxy groups -OCH3 is 1. The summed E-state index contributed by atoms with van der Waals surface area (Å²) in [4.78, 5) is 12.1. The van der Waals surface area contributed by atoms with Crippen LogP contribution in [0.2, 0.25) is 0 Å². The molecular formula is C18H19NO3. The lowest BCUT2D eigenvalue weighted by atomic mass is 10.1. The predicted molar refractivity (Wildman–Crippen MR) is 87.2 cm³/mol. The summed E-state index contributed by atoms with van der Waals surface area (Å²) < 4.78 is 5.03. The number of ether oxygens (including phenoxy) is 1. The maximum absolute atomic E-state index is 12.1. The molecule has 0 saturated carbocycles. The smallest absolute Gasteiger partial charge is 0.185 e. The molecule has 0 atom stereocenters. The first-order valence-corrected chi connectivity index (χ1v) is 7.02. The largest absolute Gasteiger partial charge is 0.504 e. The number of hydrogen-bond donors (Lipinski definition) is 2. The molecule has 0 radical (unpaired) electrons. The van der Waals surface area contributed by atoms with Crippen molar-refractivity contribution in [3.8, 4) is 11.5 Å². The number of carbonyl (C=O) groups excluding carboxylic acids is 1. The van der Waals surface area contributed by atoms with Gasteiger partial charge in [-0.1, -0.05) is 36.4 Å². The second-order valence-corrected chi connectivity index (χ2v) is 4.86. The highest BCUT2D eigenvalue weighted by Crippen LogP contribution is 2.26. The van der Waals surface area contributed by atoms with Crippen LogP contribution in [-0.4, -0.2) is 24.5 Å². The van der Waals surface area contributed by atoms with Gasteiger partial charge in [0.15, 0.2) is 17.3 Å². The highest BCUT2D eigenvalue weighted by molar-refractivity contribution is 6.06. The monoisotopic (exact) mass is 297 g/mol. The van der Waals surface area contributed by atoms with Crippen LogP contribution in [0.1, 0.15) is 21.5 Å². The normalized spacial score (nSPS) is 10.8. The van der Waals surface area contributed by atoms with E-state index in [0.717, 1.165) is 17.5 Å². The van der Waals surface area contributed by atoms with Gasteiger partial charge in [-0.15, -0.1) is 0 Å². The van der Waals surface area contributed by atoms with Gasteiger partial charge in [0, 0.05) is 5.56 Å². The standard InChI is InChI=1S/C18H19NO3/c1-22-18-12-14(5-9-17(18)21)4-8-16(20)15-6-2-13(3-7-15)10-11-19/h2-9,12,21H,10-11,19H2,1H3/b8-4+. The Morgan fingerprint density at radius 2 is 1.95 bits per heavy atom. The van der Waals surface area contributed by atoms with E-state index in [0.29, 0.717) is 17.9 Å². The van der Waals surface area contributed by atoms with Crippen LogP contribution < -0.4 is 10.5 Å². The molecule has 2 aromatic rings. The Balaban J connectivity index is 2.10. The molecule has 4 nitrogen and oxygen atoms in total. The van der Waals surface area contributed by atoms with Crippen LogP contribution in [0.15, 0.2) is 48.5 Å². The number of phenolic OH excluding ortho intramolecular Hbond substituents is 1. The molecule has 0 aliphatic rings. The zero-order valence-corrected chi connectivity index (χ0v) is 12.5. The zero-order chi connectivity index (χ0) is 15.9. The molecule has 2 rings (SSSR count). The fourth-order valence-electron chi connectivity index (χ4n) is 2.07. The van der Waals surface area contributed by atoms with Gasteiger partial charge < -0.3 is 15.6 Å². The number of hydrogen-bond acceptors (Lipinski definition) is 4. The number of allylic oxidation sites excluding steroid dienone is 1. The number of aromatic hydroxyl groups is 1. The Morgan fingerprint density at radius 3 is 2.59 bits per heavy atom. The molecule has 0 bridgehead atoms. The molecule has 4 heteroatoms. The predicted octanol–water partition coefficient (Wildman–Crippen LogP) is 2.80. The second-order valence-electron chi connectivity index (χ2n) is 4.86. The minimum absolute atomic E-state index is 0.0708. The molecule has 2 aromatic carbocycles. The molecule has 0 unspecified atom stereocenters. The van der Waals surface area contributed by atoms with Crippen LogP contribution in [0, 0.1) is 0 Å². The van der Waals surface area contributed by atoms with Gasteiger partial charge in [0.25, 0.3) is 0 Å². The highest BCUT2D eigenvalue weighted by Gasteiger charge is 2.03. The minimum atomic E-state index is -0.0775. The summed E-state index contributed by atoms with van der Waals surface area (Å²) in [7, 11) is 1.48. The van der Waals surface area contributed by atoms with E-state index in [1.807, 2.05) is 12.1 Å². The quantitative estimate of drug-likeness (QED) is 0.635. The Labute approximate surface area is 129 Å². The SMILES string of the molecule is COc1cc(/C=C/C(=O)c2ccc(CCN)cc2)ccc1O. The van der Waals surface area contributed by atoms with E-state index < -0.39 is 0 Å². The number of phenols is 1. The Morgan fingerprint density at radius 1 is 1.23 bits per heavy atom. The third-order valence-corrected chi connectivity index (χ3v) is 3.30. The van der Waals surface area contributed by atoms with Crippen molar-refractivity contribution in [2.24, 2.45) is 5.73 Å². The number of nitrogens with two attached hydrogens (primary N) is 1. The lowest BCUT2D eigenvalue weighted by Gasteiger charge is -2.03. The third kappa shape index (κ3) is 3.96. The van der Waals surface area contributed by atoms with E-state index in [-0.39, 0.29) is 11.5 Å². The maximum Gasteiger partial charge on any atom is 0.185 e. The van der Waals surface area contributed by atoms with E-state index in [2.05, 4.69) is 0 Å². The van der Waals surface area contributed by atoms with Gasteiger partial charge in [-0.2, -0.15) is 0 Å². The van der Waals surface area contributed by atoms with Crippen LogP contribution >= 0.6 is 0 Å². The van der Waals surface area contributed by atoms with Crippen LogP contribution in [0.4, 0.5) is 0 Å². The van der Waals surface area contributed by atoms with Crippen LogP contribution in [0.3, 0.4) is 0 Å². The van der Waals surface area contributed by atoms with Crippen molar-refractivity contribution in [1.29, 1.82) is 0 Å². The van der Waals surface area contributed by atoms with E-state index in [1.54, 1.807) is 30.3 Å². The summed E-state index contributed by atoms with van der Waals surface area (Å²) in [6.07, 6.45) is 4.00. The van der Waals surface area contributed by atoms with Crippen LogP contribution in [0.25, 0.3) is 6.08 Å². The van der Waals surface area contributed by atoms with Gasteiger partial charge in [0.05, 0.1) is 7.11 Å². The number of benzene rings is 2. The van der Waals surface area contributed by atoms with Crippen molar-refractivity contribution in [2.45, 2.75) is 6.42 Å². The van der Waals surface area contributed by atoms with E-state index in [9.17, 15) is 9.90 Å². The average Bonchev–Trinajstić information content (AvgIpc) is 2.55.